The molecule has 0 aliphatic heterocycles. The van der Waals surface area contributed by atoms with Crippen molar-refractivity contribution in [2.45, 2.75) is 31.9 Å². The monoisotopic (exact) mass is 380 g/mol. The van der Waals surface area contributed by atoms with Crippen LogP contribution in [-0.2, 0) is 4.79 Å². The zero-order valence-corrected chi connectivity index (χ0v) is 14.0. The van der Waals surface area contributed by atoms with Crippen molar-refractivity contribution in [1.29, 1.82) is 0 Å². The van der Waals surface area contributed by atoms with Crippen molar-refractivity contribution in [3.05, 3.63) is 28.5 Å². The maximum absolute atomic E-state index is 13.0. The number of nitrogens with one attached hydrogen (secondary N) is 1. The molecule has 1 aromatic carbocycles. The van der Waals surface area contributed by atoms with Crippen molar-refractivity contribution < 1.29 is 13.9 Å². The quantitative estimate of drug-likeness (QED) is 0.796. The molecule has 1 aromatic rings. The van der Waals surface area contributed by atoms with Gasteiger partial charge in [0.25, 0.3) is 5.91 Å². The Morgan fingerprint density at radius 1 is 1.57 bits per heavy atom. The topological polar surface area (TPSA) is 64.3 Å². The lowest BCUT2D eigenvalue weighted by Crippen LogP contribution is -2.43. The average molecular weight is 382 g/mol. The van der Waals surface area contributed by atoms with Crippen LogP contribution in [0.3, 0.4) is 0 Å². The number of hydrogen-bond donors (Lipinski definition) is 2. The molecular formula is C14H19BrClFN2O2. The molecule has 7 heteroatoms. The minimum atomic E-state index is -0.664. The summed E-state index contributed by atoms with van der Waals surface area (Å²) in [6.45, 7) is 2.11. The first-order valence-corrected chi connectivity index (χ1v) is 7.41. The van der Waals surface area contributed by atoms with E-state index in [9.17, 15) is 9.18 Å². The Kier molecular flexibility index (Phi) is 6.90. The van der Waals surface area contributed by atoms with E-state index in [0.29, 0.717) is 22.7 Å². The van der Waals surface area contributed by atoms with Gasteiger partial charge in [0, 0.05) is 12.6 Å². The first kappa shape index (κ1) is 18.2. The standard InChI is InChI=1S/C14H18BrFN2O2.ClH/c1-8(14(19)18-7-12(17)9-2-3-9)20-13-5-4-10(16)6-11(13)15;/h4-6,8-9,12H,2-3,7,17H2,1H3,(H,18,19);1H. The number of carbonyl (C=O) groups excluding carboxylic acids is 1. The summed E-state index contributed by atoms with van der Waals surface area (Å²) in [7, 11) is 0. The lowest BCUT2D eigenvalue weighted by molar-refractivity contribution is -0.127. The van der Waals surface area contributed by atoms with Crippen LogP contribution in [0.5, 0.6) is 5.75 Å². The van der Waals surface area contributed by atoms with Crippen LogP contribution >= 0.6 is 28.3 Å². The fourth-order valence-electron chi connectivity index (χ4n) is 1.87. The van der Waals surface area contributed by atoms with Gasteiger partial charge in [-0.05, 0) is 59.8 Å². The number of carbonyl (C=O) groups is 1. The molecule has 0 saturated heterocycles. The number of hydrogen-bond acceptors (Lipinski definition) is 3. The second-order valence-corrected chi connectivity index (χ2v) is 5.94. The van der Waals surface area contributed by atoms with Crippen LogP contribution in [0.25, 0.3) is 0 Å². The van der Waals surface area contributed by atoms with Crippen LogP contribution in [0, 0.1) is 11.7 Å². The molecule has 1 aliphatic carbocycles. The van der Waals surface area contributed by atoms with E-state index in [1.54, 1.807) is 6.92 Å². The summed E-state index contributed by atoms with van der Waals surface area (Å²) in [5, 5.41) is 2.78. The zero-order valence-electron chi connectivity index (χ0n) is 11.6. The van der Waals surface area contributed by atoms with Crippen molar-refractivity contribution >= 4 is 34.2 Å². The van der Waals surface area contributed by atoms with Crippen LogP contribution < -0.4 is 15.8 Å². The number of amides is 1. The van der Waals surface area contributed by atoms with Gasteiger partial charge in [0.05, 0.1) is 4.47 Å². The molecule has 0 spiro atoms. The van der Waals surface area contributed by atoms with Crippen LogP contribution in [-0.4, -0.2) is 24.6 Å². The predicted molar refractivity (Wildman–Crippen MR) is 85.1 cm³/mol. The van der Waals surface area contributed by atoms with Gasteiger partial charge < -0.3 is 15.8 Å². The average Bonchev–Trinajstić information content (AvgIpc) is 3.23. The fourth-order valence-corrected chi connectivity index (χ4v) is 2.31. The van der Waals surface area contributed by atoms with Gasteiger partial charge >= 0.3 is 0 Å². The third-order valence-corrected chi connectivity index (χ3v) is 3.93. The second-order valence-electron chi connectivity index (χ2n) is 5.08. The minimum absolute atomic E-state index is 0. The van der Waals surface area contributed by atoms with Gasteiger partial charge in [0.1, 0.15) is 11.6 Å². The molecule has 0 bridgehead atoms. The molecule has 21 heavy (non-hydrogen) atoms. The van der Waals surface area contributed by atoms with Gasteiger partial charge in [-0.3, -0.25) is 4.79 Å². The summed E-state index contributed by atoms with van der Waals surface area (Å²) < 4.78 is 18.9. The first-order valence-electron chi connectivity index (χ1n) is 6.62. The highest BCUT2D eigenvalue weighted by molar-refractivity contribution is 9.10. The van der Waals surface area contributed by atoms with Crippen molar-refractivity contribution in [3.8, 4) is 5.75 Å². The lowest BCUT2D eigenvalue weighted by Gasteiger charge is -2.17. The highest BCUT2D eigenvalue weighted by Gasteiger charge is 2.29. The maximum atomic E-state index is 13.0. The fraction of sp³-hybridized carbons (Fsp3) is 0.500. The maximum Gasteiger partial charge on any atom is 0.260 e. The van der Waals surface area contributed by atoms with E-state index in [0.717, 1.165) is 12.8 Å². The molecule has 0 aromatic heterocycles. The van der Waals surface area contributed by atoms with Gasteiger partial charge in [-0.25, -0.2) is 4.39 Å². The number of ether oxygens (including phenoxy) is 1. The smallest absolute Gasteiger partial charge is 0.260 e. The molecule has 1 saturated carbocycles. The molecule has 2 rings (SSSR count). The Morgan fingerprint density at radius 3 is 2.81 bits per heavy atom. The molecule has 118 valence electrons. The minimum Gasteiger partial charge on any atom is -0.480 e. The van der Waals surface area contributed by atoms with Crippen molar-refractivity contribution in [2.24, 2.45) is 11.7 Å². The van der Waals surface area contributed by atoms with Crippen molar-refractivity contribution in [3.63, 3.8) is 0 Å². The van der Waals surface area contributed by atoms with E-state index in [-0.39, 0.29) is 30.2 Å². The van der Waals surface area contributed by atoms with Gasteiger partial charge in [0.15, 0.2) is 6.10 Å². The van der Waals surface area contributed by atoms with Gasteiger partial charge in [-0.15, -0.1) is 12.4 Å². The van der Waals surface area contributed by atoms with Crippen LogP contribution in [0.1, 0.15) is 19.8 Å². The molecule has 0 heterocycles. The van der Waals surface area contributed by atoms with E-state index >= 15 is 0 Å². The summed E-state index contributed by atoms with van der Waals surface area (Å²) in [6.07, 6.45) is 1.63. The summed E-state index contributed by atoms with van der Waals surface area (Å²) >= 11 is 3.20. The summed E-state index contributed by atoms with van der Waals surface area (Å²) in [4.78, 5) is 11.9. The van der Waals surface area contributed by atoms with Crippen molar-refractivity contribution in [2.75, 3.05) is 6.54 Å². The lowest BCUT2D eigenvalue weighted by atomic mass is 10.2. The van der Waals surface area contributed by atoms with Gasteiger partial charge in [-0.1, -0.05) is 0 Å². The SMILES string of the molecule is CC(Oc1ccc(F)cc1Br)C(=O)NCC(N)C1CC1.Cl. The summed E-state index contributed by atoms with van der Waals surface area (Å²) in [5.41, 5.74) is 5.92. The summed E-state index contributed by atoms with van der Waals surface area (Å²) in [6, 6.07) is 4.08. The van der Waals surface area contributed by atoms with E-state index in [2.05, 4.69) is 21.2 Å². The Hall–Kier alpha value is -0.850. The number of rotatable bonds is 6. The molecule has 0 radical (unpaired) electrons. The van der Waals surface area contributed by atoms with Gasteiger partial charge in [0.2, 0.25) is 0 Å². The molecule has 4 nitrogen and oxygen atoms in total. The normalized spacial score (nSPS) is 16.6. The molecular weight excluding hydrogens is 363 g/mol. The van der Waals surface area contributed by atoms with Crippen LogP contribution in [0.4, 0.5) is 4.39 Å². The van der Waals surface area contributed by atoms with E-state index in [4.69, 9.17) is 10.5 Å². The van der Waals surface area contributed by atoms with E-state index in [1.807, 2.05) is 0 Å². The second kappa shape index (κ2) is 7.96. The van der Waals surface area contributed by atoms with Crippen LogP contribution in [0.2, 0.25) is 0 Å². The third-order valence-electron chi connectivity index (χ3n) is 3.31. The molecule has 2 atom stereocenters. The van der Waals surface area contributed by atoms with Crippen molar-refractivity contribution in [1.82, 2.24) is 5.32 Å². The third kappa shape index (κ3) is 5.45. The Bertz CT molecular complexity index is 500. The van der Waals surface area contributed by atoms with E-state index < -0.39 is 6.10 Å². The summed E-state index contributed by atoms with van der Waals surface area (Å²) in [5.74, 6) is 0.382. The van der Waals surface area contributed by atoms with Gasteiger partial charge in [-0.2, -0.15) is 0 Å². The molecule has 3 N–H and O–H groups in total. The van der Waals surface area contributed by atoms with Crippen LogP contribution in [0.15, 0.2) is 22.7 Å². The predicted octanol–water partition coefficient (Wildman–Crippen LogP) is 2.63. The Morgan fingerprint density at radius 2 is 2.24 bits per heavy atom. The number of halogens is 3. The Labute approximate surface area is 138 Å². The largest absolute Gasteiger partial charge is 0.480 e. The molecule has 1 aliphatic rings. The Balaban J connectivity index is 0.00000220. The molecule has 1 amide bonds. The molecule has 2 unspecified atom stereocenters. The van der Waals surface area contributed by atoms with E-state index in [1.165, 1.54) is 18.2 Å². The zero-order chi connectivity index (χ0) is 14.7. The number of nitrogens with two attached hydrogens (primary N) is 1. The highest BCUT2D eigenvalue weighted by atomic mass is 79.9. The first-order chi connectivity index (χ1) is 9.47. The number of benzene rings is 1. The highest BCUT2D eigenvalue weighted by Crippen LogP contribution is 2.31. The molecule has 1 fully saturated rings.